The molecule has 0 radical (unpaired) electrons. The Hall–Kier alpha value is -3.36. The van der Waals surface area contributed by atoms with Gasteiger partial charge in [-0.05, 0) is 36.4 Å². The molecule has 1 aliphatic rings. The van der Waals surface area contributed by atoms with Gasteiger partial charge in [0.25, 0.3) is 5.91 Å². The molecule has 1 amide bonds. The van der Waals surface area contributed by atoms with E-state index in [4.69, 9.17) is 9.47 Å². The van der Waals surface area contributed by atoms with E-state index in [1.54, 1.807) is 41.4 Å². The first-order chi connectivity index (χ1) is 14.9. The summed E-state index contributed by atoms with van der Waals surface area (Å²) >= 11 is 0. The van der Waals surface area contributed by atoms with Crippen molar-refractivity contribution in [3.63, 3.8) is 0 Å². The van der Waals surface area contributed by atoms with E-state index in [-0.39, 0.29) is 17.8 Å². The van der Waals surface area contributed by atoms with Gasteiger partial charge in [0.1, 0.15) is 23.3 Å². The summed E-state index contributed by atoms with van der Waals surface area (Å²) in [5, 5.41) is 0. The van der Waals surface area contributed by atoms with Gasteiger partial charge in [0, 0.05) is 38.2 Å². The lowest BCUT2D eigenvalue weighted by atomic mass is 10.1. The van der Waals surface area contributed by atoms with Gasteiger partial charge in [0.15, 0.2) is 6.61 Å². The fourth-order valence-corrected chi connectivity index (χ4v) is 3.41. The minimum atomic E-state index is -4.40. The normalized spacial score (nSPS) is 15.1. The molecule has 162 valence electrons. The van der Waals surface area contributed by atoms with Crippen LogP contribution in [0.2, 0.25) is 0 Å². The number of carbonyl (C=O) groups excluding carboxylic acids is 1. The lowest BCUT2D eigenvalue weighted by Crippen LogP contribution is -2.42. The van der Waals surface area contributed by atoms with E-state index in [9.17, 15) is 18.0 Å². The van der Waals surface area contributed by atoms with Crippen molar-refractivity contribution < 1.29 is 27.4 Å². The molecule has 3 aromatic rings. The Morgan fingerprint density at radius 3 is 2.58 bits per heavy atom. The van der Waals surface area contributed by atoms with Crippen molar-refractivity contribution in [1.29, 1.82) is 0 Å². The van der Waals surface area contributed by atoms with Gasteiger partial charge in [-0.1, -0.05) is 6.07 Å². The summed E-state index contributed by atoms with van der Waals surface area (Å²) in [6.45, 7) is -0.350. The number of fused-ring (bicyclic) bond motifs is 1. The second-order valence-corrected chi connectivity index (χ2v) is 7.23. The summed E-state index contributed by atoms with van der Waals surface area (Å²) < 4.78 is 47.6. The maximum Gasteiger partial charge on any atom is 0.422 e. The summed E-state index contributed by atoms with van der Waals surface area (Å²) in [7, 11) is 0. The third kappa shape index (κ3) is 5.42. The van der Waals surface area contributed by atoms with Crippen molar-refractivity contribution in [2.75, 3.05) is 19.7 Å². The Balaban J connectivity index is 1.32. The minimum Gasteiger partial charge on any atom is -0.490 e. The molecule has 9 heteroatoms. The molecule has 0 atom stereocenters. The van der Waals surface area contributed by atoms with Gasteiger partial charge in [0.05, 0.1) is 11.0 Å². The fourth-order valence-electron chi connectivity index (χ4n) is 3.41. The molecule has 0 spiro atoms. The Kier molecular flexibility index (Phi) is 5.92. The highest BCUT2D eigenvalue weighted by Gasteiger charge is 2.29. The van der Waals surface area contributed by atoms with Crippen LogP contribution in [0.5, 0.6) is 11.5 Å². The molecule has 0 aliphatic carbocycles. The third-order valence-corrected chi connectivity index (χ3v) is 4.92. The Morgan fingerprint density at radius 1 is 1.03 bits per heavy atom. The summed E-state index contributed by atoms with van der Waals surface area (Å²) in [5.74, 6) is 0.388. The maximum absolute atomic E-state index is 12.8. The molecular weight excluding hydrogens is 411 g/mol. The van der Waals surface area contributed by atoms with Gasteiger partial charge >= 0.3 is 6.18 Å². The van der Waals surface area contributed by atoms with Crippen molar-refractivity contribution in [1.82, 2.24) is 14.9 Å². The van der Waals surface area contributed by atoms with Crippen LogP contribution in [0, 0.1) is 0 Å². The van der Waals surface area contributed by atoms with Gasteiger partial charge in [-0.2, -0.15) is 13.2 Å². The van der Waals surface area contributed by atoms with Crippen molar-refractivity contribution in [2.45, 2.75) is 25.1 Å². The van der Waals surface area contributed by atoms with Crippen LogP contribution >= 0.6 is 0 Å². The lowest BCUT2D eigenvalue weighted by Gasteiger charge is -2.32. The highest BCUT2D eigenvalue weighted by molar-refractivity contribution is 5.94. The monoisotopic (exact) mass is 431 g/mol. The zero-order valence-electron chi connectivity index (χ0n) is 16.5. The number of pyridine rings is 2. The maximum atomic E-state index is 12.8. The van der Waals surface area contributed by atoms with Crippen LogP contribution in [0.3, 0.4) is 0 Å². The number of piperidine rings is 1. The van der Waals surface area contributed by atoms with E-state index in [0.29, 0.717) is 42.9 Å². The number of hydrogen-bond donors (Lipinski definition) is 0. The quantitative estimate of drug-likeness (QED) is 0.604. The van der Waals surface area contributed by atoms with Crippen molar-refractivity contribution in [3.05, 3.63) is 60.4 Å². The first-order valence-electron chi connectivity index (χ1n) is 9.85. The number of alkyl halides is 3. The fraction of sp³-hybridized carbons (Fsp3) is 0.318. The minimum absolute atomic E-state index is 0.0966. The van der Waals surface area contributed by atoms with Gasteiger partial charge in [0.2, 0.25) is 0 Å². The summed E-state index contributed by atoms with van der Waals surface area (Å²) in [6, 6.07) is 13.2. The van der Waals surface area contributed by atoms with E-state index in [1.165, 1.54) is 12.1 Å². The second kappa shape index (κ2) is 8.79. The molecule has 1 aliphatic heterocycles. The van der Waals surface area contributed by atoms with Crippen molar-refractivity contribution >= 4 is 16.9 Å². The number of ether oxygens (including phenoxy) is 2. The number of hydrogen-bond acceptors (Lipinski definition) is 5. The SMILES string of the molecule is O=C(c1ccc2ncccc2n1)N1CCC(Oc2cccc(OCC(F)(F)F)c2)CC1. The zero-order chi connectivity index (χ0) is 21.8. The van der Waals surface area contributed by atoms with Gasteiger partial charge < -0.3 is 14.4 Å². The average molecular weight is 431 g/mol. The lowest BCUT2D eigenvalue weighted by molar-refractivity contribution is -0.153. The predicted octanol–water partition coefficient (Wildman–Crippen LogP) is 4.25. The van der Waals surface area contributed by atoms with Gasteiger partial charge in [-0.25, -0.2) is 4.98 Å². The molecule has 1 aromatic carbocycles. The summed E-state index contributed by atoms with van der Waals surface area (Å²) in [6.07, 6.45) is -1.65. The van der Waals surface area contributed by atoms with Crippen molar-refractivity contribution in [2.24, 2.45) is 0 Å². The summed E-state index contributed by atoms with van der Waals surface area (Å²) in [5.41, 5.74) is 1.76. The Bertz CT molecular complexity index is 1070. The standard InChI is InChI=1S/C22H20F3N3O3/c23-22(24,25)14-30-16-3-1-4-17(13-16)31-15-8-11-28(12-9-15)21(29)20-7-6-18-19(27-20)5-2-10-26-18/h1-7,10,13,15H,8-9,11-12,14H2. The van der Waals surface area contributed by atoms with Crippen LogP contribution in [0.1, 0.15) is 23.3 Å². The molecule has 0 unspecified atom stereocenters. The average Bonchev–Trinajstić information content (AvgIpc) is 2.77. The Morgan fingerprint density at radius 2 is 1.81 bits per heavy atom. The van der Waals surface area contributed by atoms with Crippen LogP contribution in [0.25, 0.3) is 11.0 Å². The highest BCUT2D eigenvalue weighted by Crippen LogP contribution is 2.25. The van der Waals surface area contributed by atoms with Gasteiger partial charge in [-0.3, -0.25) is 9.78 Å². The number of halogens is 3. The van der Waals surface area contributed by atoms with Crippen LogP contribution in [0.4, 0.5) is 13.2 Å². The molecule has 0 N–H and O–H groups in total. The molecule has 2 aromatic heterocycles. The summed E-state index contributed by atoms with van der Waals surface area (Å²) in [4.78, 5) is 23.1. The first-order valence-corrected chi connectivity index (χ1v) is 9.85. The molecular formula is C22H20F3N3O3. The van der Waals surface area contributed by atoms with Crippen LogP contribution in [0.15, 0.2) is 54.7 Å². The third-order valence-electron chi connectivity index (χ3n) is 4.92. The van der Waals surface area contributed by atoms with E-state index in [1.807, 2.05) is 6.07 Å². The van der Waals surface area contributed by atoms with Crippen molar-refractivity contribution in [3.8, 4) is 11.5 Å². The predicted molar refractivity (Wildman–Crippen MR) is 107 cm³/mol. The van der Waals surface area contributed by atoms with Gasteiger partial charge in [-0.15, -0.1) is 0 Å². The van der Waals surface area contributed by atoms with E-state index in [2.05, 4.69) is 9.97 Å². The number of likely N-dealkylation sites (tertiary alicyclic amines) is 1. The first kappa shape index (κ1) is 20.9. The van der Waals surface area contributed by atoms with Crippen LogP contribution in [-0.4, -0.2) is 52.8 Å². The number of nitrogens with zero attached hydrogens (tertiary/aromatic N) is 3. The highest BCUT2D eigenvalue weighted by atomic mass is 19.4. The second-order valence-electron chi connectivity index (χ2n) is 7.23. The van der Waals surface area contributed by atoms with E-state index < -0.39 is 12.8 Å². The molecule has 0 saturated carbocycles. The van der Waals surface area contributed by atoms with Crippen LogP contribution in [-0.2, 0) is 0 Å². The molecule has 0 bridgehead atoms. The van der Waals surface area contributed by atoms with E-state index in [0.717, 1.165) is 5.52 Å². The molecule has 1 fully saturated rings. The molecule has 1 saturated heterocycles. The number of carbonyl (C=O) groups is 1. The Labute approximate surface area is 176 Å². The largest absolute Gasteiger partial charge is 0.490 e. The molecule has 6 nitrogen and oxygen atoms in total. The van der Waals surface area contributed by atoms with E-state index >= 15 is 0 Å². The van der Waals surface area contributed by atoms with Crippen LogP contribution < -0.4 is 9.47 Å². The number of benzene rings is 1. The smallest absolute Gasteiger partial charge is 0.422 e. The number of aromatic nitrogens is 2. The topological polar surface area (TPSA) is 64.6 Å². The zero-order valence-corrected chi connectivity index (χ0v) is 16.5. The molecule has 3 heterocycles. The number of rotatable bonds is 5. The number of amides is 1. The molecule has 31 heavy (non-hydrogen) atoms. The molecule has 4 rings (SSSR count).